The number of ether oxygens (including phenoxy) is 1. The van der Waals surface area contributed by atoms with Gasteiger partial charge < -0.3 is 10.1 Å². The third-order valence-corrected chi connectivity index (χ3v) is 3.79. The molecule has 0 aliphatic carbocycles. The highest BCUT2D eigenvalue weighted by atomic mass is 16.5. The highest BCUT2D eigenvalue weighted by molar-refractivity contribution is 5.77. The number of carbonyl (C=O) groups is 1. The van der Waals surface area contributed by atoms with Crippen molar-refractivity contribution < 1.29 is 9.53 Å². The fraction of sp³-hybridized carbons (Fsp3) is 0.278. The van der Waals surface area contributed by atoms with Crippen LogP contribution in [0.3, 0.4) is 0 Å². The first-order valence-electron chi connectivity index (χ1n) is 8.35. The summed E-state index contributed by atoms with van der Waals surface area (Å²) >= 11 is 0. The second-order valence-corrected chi connectivity index (χ2v) is 5.56. The topological polar surface area (TPSA) is 99.0 Å². The molecule has 8 nitrogen and oxygen atoms in total. The van der Waals surface area contributed by atoms with Crippen molar-refractivity contribution in [3.63, 3.8) is 0 Å². The molecular formula is C18H19N5O3. The average Bonchev–Trinajstić information content (AvgIpc) is 2.67. The molecule has 0 unspecified atom stereocenters. The second kappa shape index (κ2) is 8.19. The SMILES string of the molecule is CCOc1ncccc1CNC(=O)CCn1nnc2ccccc2c1=O. The van der Waals surface area contributed by atoms with E-state index in [1.807, 2.05) is 13.0 Å². The van der Waals surface area contributed by atoms with Gasteiger partial charge in [-0.3, -0.25) is 9.59 Å². The van der Waals surface area contributed by atoms with Crippen LogP contribution < -0.4 is 15.6 Å². The van der Waals surface area contributed by atoms with Crippen LogP contribution in [0.5, 0.6) is 5.88 Å². The summed E-state index contributed by atoms with van der Waals surface area (Å²) in [4.78, 5) is 28.6. The fourth-order valence-electron chi connectivity index (χ4n) is 2.48. The van der Waals surface area contributed by atoms with Gasteiger partial charge in [-0.25, -0.2) is 9.67 Å². The molecule has 0 atom stereocenters. The molecular weight excluding hydrogens is 334 g/mol. The molecule has 0 saturated carbocycles. The molecule has 1 amide bonds. The zero-order valence-electron chi connectivity index (χ0n) is 14.4. The van der Waals surface area contributed by atoms with Gasteiger partial charge in [-0.2, -0.15) is 0 Å². The summed E-state index contributed by atoms with van der Waals surface area (Å²) in [6.45, 7) is 2.84. The van der Waals surface area contributed by atoms with Crippen LogP contribution in [0.4, 0.5) is 0 Å². The molecule has 134 valence electrons. The maximum atomic E-state index is 12.3. The first-order chi connectivity index (χ1) is 12.7. The molecule has 0 fully saturated rings. The number of nitrogens with one attached hydrogen (secondary N) is 1. The van der Waals surface area contributed by atoms with Crippen LogP contribution in [-0.4, -0.2) is 32.5 Å². The molecule has 3 rings (SSSR count). The molecule has 0 bridgehead atoms. The lowest BCUT2D eigenvalue weighted by Gasteiger charge is -2.10. The van der Waals surface area contributed by atoms with Gasteiger partial charge in [-0.05, 0) is 25.1 Å². The van der Waals surface area contributed by atoms with Crippen molar-refractivity contribution in [2.75, 3.05) is 6.61 Å². The first kappa shape index (κ1) is 17.5. The zero-order chi connectivity index (χ0) is 18.4. The molecule has 0 spiro atoms. The lowest BCUT2D eigenvalue weighted by atomic mass is 10.2. The van der Waals surface area contributed by atoms with E-state index in [0.29, 0.717) is 29.9 Å². The Labute approximate surface area is 149 Å². The highest BCUT2D eigenvalue weighted by Crippen LogP contribution is 2.13. The van der Waals surface area contributed by atoms with Crippen molar-refractivity contribution in [3.8, 4) is 5.88 Å². The predicted octanol–water partition coefficient (Wildman–Crippen LogP) is 1.29. The van der Waals surface area contributed by atoms with E-state index in [-0.39, 0.29) is 24.4 Å². The normalized spacial score (nSPS) is 10.7. The largest absolute Gasteiger partial charge is 0.478 e. The molecule has 0 radical (unpaired) electrons. The summed E-state index contributed by atoms with van der Waals surface area (Å²) in [7, 11) is 0. The molecule has 2 aromatic heterocycles. The van der Waals surface area contributed by atoms with E-state index in [0.717, 1.165) is 5.56 Å². The van der Waals surface area contributed by atoms with Gasteiger partial charge in [0.2, 0.25) is 11.8 Å². The molecule has 8 heteroatoms. The van der Waals surface area contributed by atoms with Crippen molar-refractivity contribution in [2.45, 2.75) is 26.4 Å². The van der Waals surface area contributed by atoms with E-state index in [1.165, 1.54) is 4.68 Å². The summed E-state index contributed by atoms with van der Waals surface area (Å²) in [5.74, 6) is 0.310. The lowest BCUT2D eigenvalue weighted by molar-refractivity contribution is -0.121. The zero-order valence-corrected chi connectivity index (χ0v) is 14.4. The summed E-state index contributed by atoms with van der Waals surface area (Å²) in [6.07, 6.45) is 1.76. The minimum Gasteiger partial charge on any atom is -0.478 e. The number of aromatic nitrogens is 4. The molecule has 1 N–H and O–H groups in total. The van der Waals surface area contributed by atoms with Gasteiger partial charge in [-0.15, -0.1) is 5.10 Å². The highest BCUT2D eigenvalue weighted by Gasteiger charge is 2.09. The van der Waals surface area contributed by atoms with E-state index >= 15 is 0 Å². The summed E-state index contributed by atoms with van der Waals surface area (Å²) in [5.41, 5.74) is 1.08. The minimum absolute atomic E-state index is 0.122. The lowest BCUT2D eigenvalue weighted by Crippen LogP contribution is -2.29. The van der Waals surface area contributed by atoms with E-state index in [9.17, 15) is 9.59 Å². The summed E-state index contributed by atoms with van der Waals surface area (Å²) < 4.78 is 6.64. The molecule has 0 aliphatic heterocycles. The van der Waals surface area contributed by atoms with Gasteiger partial charge in [0.05, 0.1) is 18.5 Å². The number of nitrogens with zero attached hydrogens (tertiary/aromatic N) is 4. The van der Waals surface area contributed by atoms with Crippen LogP contribution in [0.2, 0.25) is 0 Å². The van der Waals surface area contributed by atoms with E-state index in [4.69, 9.17) is 4.74 Å². The van der Waals surface area contributed by atoms with Crippen molar-refractivity contribution in [2.24, 2.45) is 0 Å². The van der Waals surface area contributed by atoms with Gasteiger partial charge >= 0.3 is 0 Å². The maximum absolute atomic E-state index is 12.3. The number of carbonyl (C=O) groups excluding carboxylic acids is 1. The Bertz CT molecular complexity index is 970. The molecule has 26 heavy (non-hydrogen) atoms. The minimum atomic E-state index is -0.255. The van der Waals surface area contributed by atoms with Crippen molar-refractivity contribution in [1.29, 1.82) is 0 Å². The Morgan fingerprint density at radius 3 is 2.92 bits per heavy atom. The Hall–Kier alpha value is -3.29. The van der Waals surface area contributed by atoms with E-state index < -0.39 is 0 Å². The number of benzene rings is 1. The van der Waals surface area contributed by atoms with Crippen LogP contribution in [0.1, 0.15) is 18.9 Å². The Balaban J connectivity index is 1.60. The Morgan fingerprint density at radius 1 is 1.23 bits per heavy atom. The average molecular weight is 353 g/mol. The van der Waals surface area contributed by atoms with Crippen LogP contribution in [-0.2, 0) is 17.9 Å². The smallest absolute Gasteiger partial charge is 0.277 e. The maximum Gasteiger partial charge on any atom is 0.277 e. The summed E-state index contributed by atoms with van der Waals surface area (Å²) in [6, 6.07) is 10.6. The van der Waals surface area contributed by atoms with Crippen LogP contribution in [0.25, 0.3) is 10.9 Å². The number of amides is 1. The third kappa shape index (κ3) is 4.02. The molecule has 1 aromatic carbocycles. The molecule has 0 saturated heterocycles. The predicted molar refractivity (Wildman–Crippen MR) is 95.7 cm³/mol. The second-order valence-electron chi connectivity index (χ2n) is 5.56. The number of hydrogen-bond acceptors (Lipinski definition) is 6. The summed E-state index contributed by atoms with van der Waals surface area (Å²) in [5, 5.41) is 11.2. The number of fused-ring (bicyclic) bond motifs is 1. The van der Waals surface area contributed by atoms with Crippen LogP contribution in [0, 0.1) is 0 Å². The van der Waals surface area contributed by atoms with Crippen LogP contribution >= 0.6 is 0 Å². The van der Waals surface area contributed by atoms with Crippen LogP contribution in [0.15, 0.2) is 47.4 Å². The van der Waals surface area contributed by atoms with Gasteiger partial charge in [0.1, 0.15) is 5.52 Å². The number of aryl methyl sites for hydroxylation is 1. The fourth-order valence-corrected chi connectivity index (χ4v) is 2.48. The monoisotopic (exact) mass is 353 g/mol. The Kier molecular flexibility index (Phi) is 5.52. The van der Waals surface area contributed by atoms with Gasteiger partial charge in [-0.1, -0.05) is 23.4 Å². The quantitative estimate of drug-likeness (QED) is 0.687. The van der Waals surface area contributed by atoms with Gasteiger partial charge in [0.15, 0.2) is 0 Å². The number of pyridine rings is 1. The molecule has 0 aliphatic rings. The van der Waals surface area contributed by atoms with Gasteiger partial charge in [0, 0.05) is 24.7 Å². The van der Waals surface area contributed by atoms with Gasteiger partial charge in [0.25, 0.3) is 5.56 Å². The first-order valence-corrected chi connectivity index (χ1v) is 8.35. The number of hydrogen-bond donors (Lipinski definition) is 1. The Morgan fingerprint density at radius 2 is 2.08 bits per heavy atom. The van der Waals surface area contributed by atoms with Crippen molar-refractivity contribution in [1.82, 2.24) is 25.3 Å². The van der Waals surface area contributed by atoms with Crippen molar-refractivity contribution in [3.05, 3.63) is 58.5 Å². The molecule has 2 heterocycles. The third-order valence-electron chi connectivity index (χ3n) is 3.79. The van der Waals surface area contributed by atoms with E-state index in [1.54, 1.807) is 36.5 Å². The molecule has 3 aromatic rings. The van der Waals surface area contributed by atoms with E-state index in [2.05, 4.69) is 20.6 Å². The van der Waals surface area contributed by atoms with Crippen molar-refractivity contribution >= 4 is 16.8 Å². The standard InChI is InChI=1S/C18H19N5O3/c1-2-26-17-13(6-5-10-19-17)12-20-16(24)9-11-23-18(25)14-7-3-4-8-15(14)21-22-23/h3-8,10H,2,9,11-12H2,1H3,(H,20,24). The number of rotatable bonds is 7.